The van der Waals surface area contributed by atoms with E-state index in [-0.39, 0.29) is 11.7 Å². The minimum Gasteiger partial charge on any atom is -0.467 e. The summed E-state index contributed by atoms with van der Waals surface area (Å²) in [5, 5.41) is 12.5. The zero-order chi connectivity index (χ0) is 21.8. The SMILES string of the molecule is O=C(CSc1nnc(C2CC2)n1Cc1ccco1)Nc1ccccc1Sc1ccccc1. The van der Waals surface area contributed by atoms with Crippen molar-refractivity contribution in [3.63, 3.8) is 0 Å². The highest BCUT2D eigenvalue weighted by molar-refractivity contribution is 8.00. The van der Waals surface area contributed by atoms with Gasteiger partial charge in [0.15, 0.2) is 5.16 Å². The predicted molar refractivity (Wildman–Crippen MR) is 126 cm³/mol. The van der Waals surface area contributed by atoms with E-state index in [1.54, 1.807) is 18.0 Å². The van der Waals surface area contributed by atoms with E-state index in [0.29, 0.717) is 12.5 Å². The summed E-state index contributed by atoms with van der Waals surface area (Å²) in [6, 6.07) is 21.8. The number of thioether (sulfide) groups is 1. The zero-order valence-corrected chi connectivity index (χ0v) is 18.9. The molecule has 0 bridgehead atoms. The molecule has 0 atom stereocenters. The van der Waals surface area contributed by atoms with Crippen LogP contribution in [0.2, 0.25) is 0 Å². The number of nitrogens with zero attached hydrogens (tertiary/aromatic N) is 3. The van der Waals surface area contributed by atoms with Gasteiger partial charge >= 0.3 is 0 Å². The van der Waals surface area contributed by atoms with Gasteiger partial charge in [-0.2, -0.15) is 0 Å². The van der Waals surface area contributed by atoms with E-state index < -0.39 is 0 Å². The Bertz CT molecular complexity index is 1190. The molecule has 5 rings (SSSR count). The van der Waals surface area contributed by atoms with Crippen molar-refractivity contribution in [2.75, 3.05) is 11.1 Å². The summed E-state index contributed by atoms with van der Waals surface area (Å²) < 4.78 is 7.59. The standard InChI is InChI=1S/C24H22N4O2S2/c29-22(25-20-10-4-5-11-21(20)32-19-8-2-1-3-9-19)16-31-24-27-26-23(17-12-13-17)28(24)15-18-7-6-14-30-18/h1-11,14,17H,12-13,15-16H2,(H,25,29). The van der Waals surface area contributed by atoms with Crippen LogP contribution in [0, 0.1) is 0 Å². The van der Waals surface area contributed by atoms with Crippen molar-refractivity contribution in [1.29, 1.82) is 0 Å². The number of amides is 1. The number of carbonyl (C=O) groups excluding carboxylic acids is 1. The minimum atomic E-state index is -0.0726. The molecule has 2 heterocycles. The lowest BCUT2D eigenvalue weighted by Crippen LogP contribution is -2.15. The number of nitrogens with one attached hydrogen (secondary N) is 1. The van der Waals surface area contributed by atoms with Gasteiger partial charge in [-0.05, 0) is 49.2 Å². The minimum absolute atomic E-state index is 0.0726. The van der Waals surface area contributed by atoms with Gasteiger partial charge in [0.1, 0.15) is 11.6 Å². The summed E-state index contributed by atoms with van der Waals surface area (Å²) in [7, 11) is 0. The summed E-state index contributed by atoms with van der Waals surface area (Å²) in [4.78, 5) is 14.9. The van der Waals surface area contributed by atoms with Crippen molar-refractivity contribution in [2.24, 2.45) is 0 Å². The summed E-state index contributed by atoms with van der Waals surface area (Å²) in [6.45, 7) is 0.576. The van der Waals surface area contributed by atoms with Crippen LogP contribution in [0.15, 0.2) is 92.4 Å². The van der Waals surface area contributed by atoms with Crippen LogP contribution in [-0.2, 0) is 11.3 Å². The maximum absolute atomic E-state index is 12.8. The highest BCUT2D eigenvalue weighted by Crippen LogP contribution is 2.40. The number of para-hydroxylation sites is 1. The van der Waals surface area contributed by atoms with Gasteiger partial charge < -0.3 is 9.73 Å². The van der Waals surface area contributed by atoms with Gasteiger partial charge in [-0.15, -0.1) is 10.2 Å². The average molecular weight is 463 g/mol. The highest BCUT2D eigenvalue weighted by atomic mass is 32.2. The highest BCUT2D eigenvalue weighted by Gasteiger charge is 2.30. The second-order valence-corrected chi connectivity index (χ2v) is 9.59. The van der Waals surface area contributed by atoms with Gasteiger partial charge in [0.05, 0.1) is 24.2 Å². The van der Waals surface area contributed by atoms with Crippen LogP contribution >= 0.6 is 23.5 Å². The molecule has 32 heavy (non-hydrogen) atoms. The van der Waals surface area contributed by atoms with E-state index in [1.165, 1.54) is 11.8 Å². The summed E-state index contributed by atoms with van der Waals surface area (Å²) in [5.41, 5.74) is 0.808. The molecule has 8 heteroatoms. The van der Waals surface area contributed by atoms with Crippen LogP contribution in [0.1, 0.15) is 30.3 Å². The van der Waals surface area contributed by atoms with Crippen molar-refractivity contribution >= 4 is 35.1 Å². The van der Waals surface area contributed by atoms with E-state index in [2.05, 4.69) is 32.2 Å². The first-order chi connectivity index (χ1) is 15.8. The maximum Gasteiger partial charge on any atom is 0.234 e. The number of benzene rings is 2. The van der Waals surface area contributed by atoms with Crippen molar-refractivity contribution in [3.05, 3.63) is 84.6 Å². The predicted octanol–water partition coefficient (Wildman–Crippen LogP) is 5.68. The number of rotatable bonds is 9. The summed E-state index contributed by atoms with van der Waals surface area (Å²) in [5.74, 6) is 2.48. The molecular weight excluding hydrogens is 440 g/mol. The molecule has 6 nitrogen and oxygen atoms in total. The number of hydrogen-bond acceptors (Lipinski definition) is 6. The molecule has 4 aromatic rings. The molecule has 1 aliphatic rings. The quantitative estimate of drug-likeness (QED) is 0.323. The first kappa shape index (κ1) is 20.9. The molecule has 0 radical (unpaired) electrons. The Morgan fingerprint density at radius 3 is 2.62 bits per heavy atom. The van der Waals surface area contributed by atoms with E-state index in [1.807, 2.05) is 54.6 Å². The first-order valence-electron chi connectivity index (χ1n) is 10.5. The molecule has 1 N–H and O–H groups in total. The Balaban J connectivity index is 1.25. The van der Waals surface area contributed by atoms with Gasteiger partial charge in [-0.3, -0.25) is 9.36 Å². The number of anilines is 1. The van der Waals surface area contributed by atoms with E-state index in [4.69, 9.17) is 4.42 Å². The monoisotopic (exact) mass is 462 g/mol. The Labute approximate surface area is 194 Å². The van der Waals surface area contributed by atoms with Crippen LogP contribution in [-0.4, -0.2) is 26.4 Å². The molecular formula is C24H22N4O2S2. The maximum atomic E-state index is 12.8. The van der Waals surface area contributed by atoms with E-state index in [9.17, 15) is 4.79 Å². The average Bonchev–Trinajstić information content (AvgIpc) is 3.37. The van der Waals surface area contributed by atoms with Gasteiger partial charge in [0, 0.05) is 15.7 Å². The largest absolute Gasteiger partial charge is 0.467 e. The Hall–Kier alpha value is -2.97. The fraction of sp³-hybridized carbons (Fsp3) is 0.208. The first-order valence-corrected chi connectivity index (χ1v) is 12.3. The molecule has 0 saturated heterocycles. The van der Waals surface area contributed by atoms with Gasteiger partial charge in [-0.25, -0.2) is 0 Å². The lowest BCUT2D eigenvalue weighted by atomic mass is 10.3. The van der Waals surface area contributed by atoms with Crippen molar-refractivity contribution in [3.8, 4) is 0 Å². The van der Waals surface area contributed by atoms with Crippen LogP contribution in [0.4, 0.5) is 5.69 Å². The molecule has 0 spiro atoms. The lowest BCUT2D eigenvalue weighted by molar-refractivity contribution is -0.113. The third kappa shape index (κ3) is 5.08. The molecule has 1 aliphatic carbocycles. The van der Waals surface area contributed by atoms with Crippen LogP contribution in [0.3, 0.4) is 0 Å². The Morgan fingerprint density at radius 2 is 1.84 bits per heavy atom. The second-order valence-electron chi connectivity index (χ2n) is 7.53. The number of aromatic nitrogens is 3. The third-order valence-corrected chi connectivity index (χ3v) is 7.10. The van der Waals surface area contributed by atoms with Crippen LogP contribution in [0.25, 0.3) is 0 Å². The lowest BCUT2D eigenvalue weighted by Gasteiger charge is -2.11. The molecule has 162 valence electrons. The molecule has 1 amide bonds. The van der Waals surface area contributed by atoms with Crippen LogP contribution in [0.5, 0.6) is 0 Å². The Morgan fingerprint density at radius 1 is 1.03 bits per heavy atom. The van der Waals surface area contributed by atoms with Crippen molar-refractivity contribution < 1.29 is 9.21 Å². The zero-order valence-electron chi connectivity index (χ0n) is 17.3. The molecule has 1 fully saturated rings. The third-order valence-electron chi connectivity index (χ3n) is 5.05. The number of hydrogen-bond donors (Lipinski definition) is 1. The van der Waals surface area contributed by atoms with Crippen molar-refractivity contribution in [2.45, 2.75) is 40.3 Å². The number of furan rings is 1. The summed E-state index contributed by atoms with van der Waals surface area (Å²) in [6.07, 6.45) is 3.94. The van der Waals surface area contributed by atoms with Crippen LogP contribution < -0.4 is 5.32 Å². The topological polar surface area (TPSA) is 73.0 Å². The molecule has 0 unspecified atom stereocenters. The molecule has 0 aliphatic heterocycles. The molecule has 2 aromatic heterocycles. The van der Waals surface area contributed by atoms with Gasteiger partial charge in [-0.1, -0.05) is 53.9 Å². The van der Waals surface area contributed by atoms with Gasteiger partial charge in [0.25, 0.3) is 0 Å². The molecule has 1 saturated carbocycles. The Kier molecular flexibility index (Phi) is 6.31. The normalized spacial score (nSPS) is 13.2. The smallest absolute Gasteiger partial charge is 0.234 e. The van der Waals surface area contributed by atoms with E-state index >= 15 is 0 Å². The fourth-order valence-corrected chi connectivity index (χ4v) is 5.02. The van der Waals surface area contributed by atoms with E-state index in [0.717, 1.165) is 45.1 Å². The fourth-order valence-electron chi connectivity index (χ4n) is 3.35. The number of carbonyl (C=O) groups is 1. The molecule has 2 aromatic carbocycles. The van der Waals surface area contributed by atoms with Gasteiger partial charge in [0.2, 0.25) is 5.91 Å². The second kappa shape index (κ2) is 9.67. The summed E-state index contributed by atoms with van der Waals surface area (Å²) >= 11 is 3.03. The van der Waals surface area contributed by atoms with Crippen molar-refractivity contribution in [1.82, 2.24) is 14.8 Å².